The molecule has 6 fully saturated rings. The second kappa shape index (κ2) is 30.5. The Morgan fingerprint density at radius 3 is 1.75 bits per heavy atom. The molecule has 3 aliphatic heterocycles. The molecular weight excluding hydrogens is 1030 g/mol. The molecule has 0 radical (unpaired) electrons. The van der Waals surface area contributed by atoms with E-state index in [9.17, 15) is 35.1 Å². The molecule has 18 atom stereocenters. The van der Waals surface area contributed by atoms with E-state index in [4.69, 9.17) is 23.7 Å². The summed E-state index contributed by atoms with van der Waals surface area (Å²) in [4.78, 5) is 33.0. The first-order chi connectivity index (χ1) is 37.8. The third-order valence-electron chi connectivity index (χ3n) is 21.8. The van der Waals surface area contributed by atoms with Crippen LogP contribution in [0.2, 0.25) is 0 Å². The number of amides is 1. The van der Waals surface area contributed by atoms with Crippen molar-refractivity contribution in [2.75, 3.05) is 33.9 Å². The zero-order valence-corrected chi connectivity index (χ0v) is 53.7. The summed E-state index contributed by atoms with van der Waals surface area (Å²) in [5, 5.41) is 60.9. The Hall–Kier alpha value is -1.03. The minimum Gasteiger partial charge on any atom is -0.459 e. The second-order valence-corrected chi connectivity index (χ2v) is 32.8. The van der Waals surface area contributed by atoms with Gasteiger partial charge in [-0.1, -0.05) is 72.6 Å². The van der Waals surface area contributed by atoms with Gasteiger partial charge in [0.1, 0.15) is 30.0 Å². The first kappa shape index (κ1) is 68.1. The first-order valence-electron chi connectivity index (χ1n) is 32.9. The number of aliphatic hydroxyl groups excluding tert-OH is 3. The minimum atomic E-state index is -1.96. The second-order valence-electron chi connectivity index (χ2n) is 28.2. The van der Waals surface area contributed by atoms with Gasteiger partial charge in [-0.15, -0.1) is 0 Å². The fraction of sp³-hybridized carbons (Fsp3) is 0.969. The molecule has 6 aliphatic rings. The number of cyclic esters (lactones) is 1. The van der Waals surface area contributed by atoms with Gasteiger partial charge in [-0.25, -0.2) is 0 Å². The topological polar surface area (TPSA) is 188 Å². The monoisotopic (exact) mass is 1150 g/mol. The van der Waals surface area contributed by atoms with E-state index < -0.39 is 103 Å². The van der Waals surface area contributed by atoms with Crippen LogP contribution in [0.5, 0.6) is 0 Å². The summed E-state index contributed by atoms with van der Waals surface area (Å²) in [5.74, 6) is -3.50. The predicted octanol–water partition coefficient (Wildman–Crippen LogP) is 11.2. The minimum absolute atomic E-state index is 0.129. The number of unbranched alkanes of at least 4 members (excludes halogenated alkanes) is 9. The number of methoxy groups -OCH3 is 1. The van der Waals surface area contributed by atoms with Gasteiger partial charge in [-0.05, 0) is 183 Å². The third kappa shape index (κ3) is 16.3. The van der Waals surface area contributed by atoms with Crippen LogP contribution in [0.25, 0.3) is 0 Å². The van der Waals surface area contributed by atoms with Crippen LogP contribution in [0.15, 0.2) is 0 Å². The smallest absolute Gasteiger partial charge is 0.309 e. The Balaban J connectivity index is 1.12. The third-order valence-corrected chi connectivity index (χ3v) is 28.5. The van der Waals surface area contributed by atoms with Crippen LogP contribution in [0.3, 0.4) is 0 Å². The van der Waals surface area contributed by atoms with Gasteiger partial charge < -0.3 is 59.0 Å². The fourth-order valence-corrected chi connectivity index (χ4v) is 24.8. The zero-order valence-electron chi connectivity index (χ0n) is 52.8. The lowest BCUT2D eigenvalue weighted by atomic mass is 9.68. The molecule has 14 nitrogen and oxygen atoms in total. The molecule has 3 heterocycles. The molecule has 0 aromatic carbocycles. The molecule has 0 spiro atoms. The summed E-state index contributed by atoms with van der Waals surface area (Å²) in [7, 11) is 4.44. The highest BCUT2D eigenvalue weighted by molar-refractivity contribution is 7.77. The average molecular weight is 1150 g/mol. The lowest BCUT2D eigenvalue weighted by Gasteiger charge is -2.51. The van der Waals surface area contributed by atoms with Crippen molar-refractivity contribution in [3.05, 3.63) is 0 Å². The Labute approximate surface area is 487 Å². The van der Waals surface area contributed by atoms with Crippen LogP contribution in [0, 0.1) is 23.7 Å². The molecule has 15 heteroatoms. The summed E-state index contributed by atoms with van der Waals surface area (Å²) < 4.78 is 32.2. The number of aliphatic hydroxyl groups is 5. The van der Waals surface area contributed by atoms with Gasteiger partial charge >= 0.3 is 5.97 Å². The summed E-state index contributed by atoms with van der Waals surface area (Å²) >= 11 is 0. The van der Waals surface area contributed by atoms with E-state index >= 15 is 0 Å². The van der Waals surface area contributed by atoms with Crippen molar-refractivity contribution in [1.29, 1.82) is 0 Å². The van der Waals surface area contributed by atoms with E-state index in [1.807, 2.05) is 46.7 Å². The lowest BCUT2D eigenvalue weighted by Crippen LogP contribution is -2.61. The Morgan fingerprint density at radius 2 is 1.25 bits per heavy atom. The molecule has 80 heavy (non-hydrogen) atoms. The summed E-state index contributed by atoms with van der Waals surface area (Å²) in [6.07, 6.45) is 24.4. The lowest BCUT2D eigenvalue weighted by molar-refractivity contribution is -0.302. The van der Waals surface area contributed by atoms with Crippen LogP contribution in [-0.4, -0.2) is 182 Å². The van der Waals surface area contributed by atoms with Crippen molar-refractivity contribution in [3.8, 4) is 0 Å². The van der Waals surface area contributed by atoms with Crippen molar-refractivity contribution < 1.29 is 58.8 Å². The van der Waals surface area contributed by atoms with Crippen LogP contribution < -0.4 is 0 Å². The Morgan fingerprint density at radius 1 is 0.738 bits per heavy atom. The van der Waals surface area contributed by atoms with Gasteiger partial charge in [0.05, 0.1) is 70.7 Å². The van der Waals surface area contributed by atoms with Crippen molar-refractivity contribution in [2.45, 2.75) is 344 Å². The summed E-state index contributed by atoms with van der Waals surface area (Å²) in [6, 6.07) is -1.18. The highest BCUT2D eigenvalue weighted by Gasteiger charge is 2.59. The first-order valence-corrected chi connectivity index (χ1v) is 35.1. The molecule has 3 saturated carbocycles. The number of likely N-dealkylation sites (N-methyl/N-ethyl adjacent to an activating group) is 1. The number of hydrogen-bond donors (Lipinski definition) is 5. The van der Waals surface area contributed by atoms with E-state index in [0.717, 1.165) is 36.2 Å². The van der Waals surface area contributed by atoms with Crippen LogP contribution in [-0.2, 0) is 33.3 Å². The van der Waals surface area contributed by atoms with Crippen LogP contribution >= 0.6 is 7.26 Å². The quantitative estimate of drug-likeness (QED) is 0.0392. The van der Waals surface area contributed by atoms with Crippen LogP contribution in [0.4, 0.5) is 0 Å². The van der Waals surface area contributed by atoms with Crippen LogP contribution in [0.1, 0.15) is 243 Å². The van der Waals surface area contributed by atoms with Crippen molar-refractivity contribution in [3.63, 3.8) is 0 Å². The summed E-state index contributed by atoms with van der Waals surface area (Å²) in [5.41, 5.74) is -1.37. The van der Waals surface area contributed by atoms with E-state index in [-0.39, 0.29) is 56.2 Å². The van der Waals surface area contributed by atoms with Gasteiger partial charge in [0.15, 0.2) is 6.29 Å². The van der Waals surface area contributed by atoms with Gasteiger partial charge in [-0.3, -0.25) is 9.59 Å². The maximum Gasteiger partial charge on any atom is 0.309 e. The number of rotatable bonds is 22. The fourth-order valence-electron chi connectivity index (χ4n) is 17.2. The molecule has 3 saturated heterocycles. The zero-order chi connectivity index (χ0) is 58.7. The molecule has 0 aromatic rings. The van der Waals surface area contributed by atoms with Crippen molar-refractivity contribution in [2.24, 2.45) is 23.7 Å². The average Bonchev–Trinajstić information content (AvgIpc) is 4.41. The number of carbonyl (C=O) groups is 2. The largest absolute Gasteiger partial charge is 0.459 e. The molecule has 1 amide bonds. The molecule has 6 rings (SSSR count). The molecule has 1 unspecified atom stereocenters. The number of nitrogens with zero attached hydrogens (tertiary/aromatic N) is 2. The van der Waals surface area contributed by atoms with Crippen molar-refractivity contribution in [1.82, 2.24) is 9.80 Å². The number of carbonyl (C=O) groups excluding carboxylic acids is 2. The molecule has 466 valence electrons. The highest BCUT2D eigenvalue weighted by atomic mass is 31.2. The van der Waals surface area contributed by atoms with Gasteiger partial charge in [0.2, 0.25) is 5.91 Å². The highest BCUT2D eigenvalue weighted by Crippen LogP contribution is 2.78. The van der Waals surface area contributed by atoms with Gasteiger partial charge in [-0.2, -0.15) is 0 Å². The van der Waals surface area contributed by atoms with E-state index in [1.165, 1.54) is 84.0 Å². The number of ether oxygens (including phenoxy) is 5. The summed E-state index contributed by atoms with van der Waals surface area (Å²) in [6.45, 7) is 18.0. The van der Waals surface area contributed by atoms with Crippen molar-refractivity contribution >= 4 is 19.1 Å². The normalized spacial score (nSPS) is 40.1. The van der Waals surface area contributed by atoms with E-state index in [1.54, 1.807) is 91.3 Å². The molecule has 3 aliphatic carbocycles. The predicted molar refractivity (Wildman–Crippen MR) is 321 cm³/mol. The van der Waals surface area contributed by atoms with Gasteiger partial charge in [0, 0.05) is 45.7 Å². The number of esters is 1. The SMILES string of the molecule is CC[C@H]1OC(=O)[C@H](C)[C@@H](C2C[C@@](C)(OC)[C@@H](O)[C@H](C)O2)[C@H](C)[C@@H](O[C@@H]2O[C@H](C)C[C@H](N(C)C)[C@H]2O)[C@](C)(O)C[C@@H](C)CN(C(=O)CCCCCCCCCCCC[P+](C2CCCC2)(C2CCCC2)C2CCCC2)[C@H](C)[C@@H](O)[C@]1(C)O. The number of hydrogen-bond acceptors (Lipinski definition) is 13. The Bertz CT molecular complexity index is 1820. The van der Waals surface area contributed by atoms with E-state index in [0.29, 0.717) is 12.8 Å². The van der Waals surface area contributed by atoms with Gasteiger partial charge in [0.25, 0.3) is 0 Å². The maximum atomic E-state index is 14.8. The molecule has 0 aromatic heterocycles. The Kier molecular flexibility index (Phi) is 26.0. The maximum absolute atomic E-state index is 14.8. The molecule has 0 bridgehead atoms. The molecule has 5 N–H and O–H groups in total. The molecular formula is C65H120N2O12P+. The standard InChI is InChI=1S/C65H120N2O12P/c1-14-54-65(10,74)58(70)47(6)67(55(68)37-23-21-19-17-15-16-18-20-22-30-38-80(49-31-24-25-32-49,50-33-26-27-34-50)51-35-28-29-36-51)42-43(2)40-63(8,73)60(79-62-57(69)52(66(11)12)39-44(3)76-62)45(4)56(46(5)61(72)78-54)53-41-64(9,75-13)59(71)48(7)77-53/h43-54,56-60,62,69-71,73-74H,14-42H2,1-13H3/q+1/t43-,44-,45+,46-,47-,48+,52+,53?,54-,56+,57-,58-,59+,60-,62+,63-,64-,65-/m1/s1. The van der Waals surface area contributed by atoms with E-state index in [2.05, 4.69) is 0 Å².